The highest BCUT2D eigenvalue weighted by atomic mass is 19.4. The molecule has 0 unspecified atom stereocenters. The Morgan fingerprint density at radius 3 is 2.46 bits per heavy atom. The van der Waals surface area contributed by atoms with Crippen LogP contribution >= 0.6 is 0 Å². The highest BCUT2D eigenvalue weighted by Crippen LogP contribution is 2.31. The first-order chi connectivity index (χ1) is 16.7. The Balaban J connectivity index is 1.22. The van der Waals surface area contributed by atoms with Crippen LogP contribution in [-0.4, -0.2) is 52.6 Å². The van der Waals surface area contributed by atoms with E-state index in [1.165, 1.54) is 36.4 Å². The first-order valence-electron chi connectivity index (χ1n) is 10.9. The second-order valence-electron chi connectivity index (χ2n) is 8.08. The standard InChI is InChI=1S/C24H22F4N4O3/c25-17-3-1-2-15(12-17)20-13-21(31-30-20)23(34)29-14-22(33)32-10-8-19(9-11-32)35-18-6-4-16(5-7-18)24(26,27)28/h1-7,12-13,19H,8-11,14H2,(H,29,34)(H,30,31). The molecule has 0 atom stereocenters. The fourth-order valence-electron chi connectivity index (χ4n) is 3.73. The van der Waals surface area contributed by atoms with Gasteiger partial charge in [0.15, 0.2) is 0 Å². The summed E-state index contributed by atoms with van der Waals surface area (Å²) in [5, 5.41) is 9.13. The Morgan fingerprint density at radius 2 is 1.80 bits per heavy atom. The molecule has 2 N–H and O–H groups in total. The van der Waals surface area contributed by atoms with Crippen LogP contribution in [0, 0.1) is 5.82 Å². The van der Waals surface area contributed by atoms with Crippen molar-refractivity contribution in [2.24, 2.45) is 0 Å². The summed E-state index contributed by atoms with van der Waals surface area (Å²) in [4.78, 5) is 26.5. The van der Waals surface area contributed by atoms with E-state index in [2.05, 4.69) is 15.5 Å². The number of hydrogen-bond acceptors (Lipinski definition) is 4. The molecule has 7 nitrogen and oxygen atoms in total. The van der Waals surface area contributed by atoms with Crippen LogP contribution in [-0.2, 0) is 11.0 Å². The summed E-state index contributed by atoms with van der Waals surface area (Å²) >= 11 is 0. The molecule has 2 aromatic carbocycles. The molecule has 11 heteroatoms. The number of rotatable bonds is 6. The molecule has 35 heavy (non-hydrogen) atoms. The lowest BCUT2D eigenvalue weighted by atomic mass is 10.1. The van der Waals surface area contributed by atoms with Crippen molar-refractivity contribution in [1.82, 2.24) is 20.4 Å². The Kier molecular flexibility index (Phi) is 7.04. The topological polar surface area (TPSA) is 87.3 Å². The van der Waals surface area contributed by atoms with Crippen LogP contribution in [0.25, 0.3) is 11.3 Å². The van der Waals surface area contributed by atoms with Gasteiger partial charge in [0.25, 0.3) is 5.91 Å². The third-order valence-corrected chi connectivity index (χ3v) is 5.62. The number of benzene rings is 2. The predicted octanol–water partition coefficient (Wildman–Crippen LogP) is 4.03. The first kappa shape index (κ1) is 24.2. The molecule has 2 heterocycles. The maximum absolute atomic E-state index is 13.4. The van der Waals surface area contributed by atoms with Gasteiger partial charge < -0.3 is 15.0 Å². The maximum atomic E-state index is 13.4. The van der Waals surface area contributed by atoms with Crippen LogP contribution in [0.1, 0.15) is 28.9 Å². The largest absolute Gasteiger partial charge is 0.490 e. The second kappa shape index (κ2) is 10.2. The van der Waals surface area contributed by atoms with Crippen LogP contribution in [0.15, 0.2) is 54.6 Å². The van der Waals surface area contributed by atoms with Crippen LogP contribution in [0.5, 0.6) is 5.75 Å². The third kappa shape index (κ3) is 6.17. The molecular weight excluding hydrogens is 468 g/mol. The number of ether oxygens (including phenoxy) is 1. The van der Waals surface area contributed by atoms with Crippen molar-refractivity contribution in [2.75, 3.05) is 19.6 Å². The summed E-state index contributed by atoms with van der Waals surface area (Å²) in [6.07, 6.45) is -3.60. The highest BCUT2D eigenvalue weighted by molar-refractivity contribution is 5.95. The molecule has 0 spiro atoms. The van der Waals surface area contributed by atoms with Crippen LogP contribution in [0.3, 0.4) is 0 Å². The molecule has 0 bridgehead atoms. The summed E-state index contributed by atoms with van der Waals surface area (Å²) < 4.78 is 57.1. The fourth-order valence-corrected chi connectivity index (χ4v) is 3.73. The van der Waals surface area contributed by atoms with Crippen LogP contribution < -0.4 is 10.1 Å². The van der Waals surface area contributed by atoms with Gasteiger partial charge in [0.05, 0.1) is 17.8 Å². The molecule has 0 radical (unpaired) electrons. The number of nitrogens with one attached hydrogen (secondary N) is 2. The van der Waals surface area contributed by atoms with Crippen molar-refractivity contribution in [3.8, 4) is 17.0 Å². The van der Waals surface area contributed by atoms with Gasteiger partial charge in [0, 0.05) is 31.5 Å². The zero-order valence-corrected chi connectivity index (χ0v) is 18.4. The predicted molar refractivity (Wildman–Crippen MR) is 118 cm³/mol. The van der Waals surface area contributed by atoms with E-state index in [0.29, 0.717) is 42.9 Å². The molecule has 0 aliphatic carbocycles. The van der Waals surface area contributed by atoms with Gasteiger partial charge in [-0.3, -0.25) is 14.7 Å². The Morgan fingerprint density at radius 1 is 1.09 bits per heavy atom. The minimum atomic E-state index is -4.40. The molecule has 1 aliphatic heterocycles. The van der Waals surface area contributed by atoms with Crippen molar-refractivity contribution >= 4 is 11.8 Å². The van der Waals surface area contributed by atoms with Crippen molar-refractivity contribution in [3.05, 3.63) is 71.7 Å². The van der Waals surface area contributed by atoms with Gasteiger partial charge in [-0.1, -0.05) is 12.1 Å². The normalized spacial score (nSPS) is 14.6. The summed E-state index contributed by atoms with van der Waals surface area (Å²) in [5.41, 5.74) is 0.308. The van der Waals surface area contributed by atoms with Gasteiger partial charge >= 0.3 is 6.18 Å². The second-order valence-corrected chi connectivity index (χ2v) is 8.08. The molecular formula is C24H22F4N4O3. The molecule has 184 valence electrons. The van der Waals surface area contributed by atoms with Crippen molar-refractivity contribution in [3.63, 3.8) is 0 Å². The molecule has 4 rings (SSSR count). The number of aromatic nitrogens is 2. The zero-order chi connectivity index (χ0) is 25.0. The third-order valence-electron chi connectivity index (χ3n) is 5.62. The zero-order valence-electron chi connectivity index (χ0n) is 18.4. The number of nitrogens with zero attached hydrogens (tertiary/aromatic N) is 2. The molecule has 1 fully saturated rings. The van der Waals surface area contributed by atoms with Gasteiger partial charge in [-0.05, 0) is 42.5 Å². The summed E-state index contributed by atoms with van der Waals surface area (Å²) in [6.45, 7) is 0.582. The molecule has 1 aromatic heterocycles. The SMILES string of the molecule is O=C(NCC(=O)N1CCC(Oc2ccc(C(F)(F)F)cc2)CC1)c1cc(-c2cccc(F)c2)n[nH]1. The fraction of sp³-hybridized carbons (Fsp3) is 0.292. The average Bonchev–Trinajstić information content (AvgIpc) is 3.33. The highest BCUT2D eigenvalue weighted by Gasteiger charge is 2.30. The average molecular weight is 490 g/mol. The van der Waals surface area contributed by atoms with E-state index in [9.17, 15) is 27.2 Å². The number of halogens is 4. The van der Waals surface area contributed by atoms with E-state index in [-0.39, 0.29) is 24.2 Å². The van der Waals surface area contributed by atoms with Crippen molar-refractivity contribution in [1.29, 1.82) is 0 Å². The first-order valence-corrected chi connectivity index (χ1v) is 10.9. The van der Waals surface area contributed by atoms with Gasteiger partial charge in [-0.15, -0.1) is 0 Å². The molecule has 2 amide bonds. The van der Waals surface area contributed by atoms with E-state index >= 15 is 0 Å². The van der Waals surface area contributed by atoms with Crippen molar-refractivity contribution < 1.29 is 31.9 Å². The minimum Gasteiger partial charge on any atom is -0.490 e. The van der Waals surface area contributed by atoms with E-state index in [4.69, 9.17) is 4.74 Å². The lowest BCUT2D eigenvalue weighted by Gasteiger charge is -2.32. The Hall–Kier alpha value is -3.89. The van der Waals surface area contributed by atoms with Crippen LogP contribution in [0.2, 0.25) is 0 Å². The minimum absolute atomic E-state index is 0.140. The number of alkyl halides is 3. The number of H-pyrrole nitrogens is 1. The molecule has 0 saturated carbocycles. The quantitative estimate of drug-likeness (QED) is 0.511. The number of aromatic amines is 1. The Bertz CT molecular complexity index is 1190. The number of piperidine rings is 1. The lowest BCUT2D eigenvalue weighted by molar-refractivity contribution is -0.137. The number of amides is 2. The van der Waals surface area contributed by atoms with Gasteiger partial charge in [0.1, 0.15) is 23.4 Å². The number of hydrogen-bond donors (Lipinski definition) is 2. The van der Waals surface area contributed by atoms with E-state index in [0.717, 1.165) is 12.1 Å². The number of likely N-dealkylation sites (tertiary alicyclic amines) is 1. The van der Waals surface area contributed by atoms with Crippen LogP contribution in [0.4, 0.5) is 17.6 Å². The Labute approximate surface area is 198 Å². The smallest absolute Gasteiger partial charge is 0.416 e. The summed E-state index contributed by atoms with van der Waals surface area (Å²) in [5.74, 6) is -0.868. The number of carbonyl (C=O) groups excluding carboxylic acids is 2. The molecule has 1 aliphatic rings. The monoisotopic (exact) mass is 490 g/mol. The van der Waals surface area contributed by atoms with Crippen molar-refractivity contribution in [2.45, 2.75) is 25.1 Å². The summed E-state index contributed by atoms with van der Waals surface area (Å²) in [6, 6.07) is 11.8. The lowest BCUT2D eigenvalue weighted by Crippen LogP contribution is -2.46. The molecule has 3 aromatic rings. The van der Waals surface area contributed by atoms with E-state index in [1.807, 2.05) is 0 Å². The maximum Gasteiger partial charge on any atom is 0.416 e. The van der Waals surface area contributed by atoms with Gasteiger partial charge in [0.2, 0.25) is 5.91 Å². The molecule has 1 saturated heterocycles. The van der Waals surface area contributed by atoms with E-state index < -0.39 is 23.5 Å². The number of carbonyl (C=O) groups is 2. The van der Waals surface area contributed by atoms with Gasteiger partial charge in [-0.25, -0.2) is 4.39 Å². The van der Waals surface area contributed by atoms with E-state index in [1.54, 1.807) is 11.0 Å². The van der Waals surface area contributed by atoms with Gasteiger partial charge in [-0.2, -0.15) is 18.3 Å². The summed E-state index contributed by atoms with van der Waals surface area (Å²) in [7, 11) is 0.